The van der Waals surface area contributed by atoms with E-state index in [4.69, 9.17) is 10.5 Å². The molecule has 0 aliphatic carbocycles. The van der Waals surface area contributed by atoms with Crippen molar-refractivity contribution in [3.63, 3.8) is 0 Å². The van der Waals surface area contributed by atoms with E-state index in [1.807, 2.05) is 13.8 Å². The number of rotatable bonds is 6. The first kappa shape index (κ1) is 15.4. The highest BCUT2D eigenvalue weighted by molar-refractivity contribution is 5.75. The Morgan fingerprint density at radius 1 is 1.56 bits per heavy atom. The van der Waals surface area contributed by atoms with Gasteiger partial charge in [0.05, 0.1) is 12.7 Å². The van der Waals surface area contributed by atoms with Gasteiger partial charge in [-0.05, 0) is 26.8 Å². The van der Waals surface area contributed by atoms with Crippen LogP contribution in [0.3, 0.4) is 0 Å². The predicted molar refractivity (Wildman–Crippen MR) is 72.4 cm³/mol. The molecule has 0 aromatic rings. The molecule has 0 spiro atoms. The molecule has 1 aliphatic heterocycles. The van der Waals surface area contributed by atoms with Crippen molar-refractivity contribution < 1.29 is 9.53 Å². The summed E-state index contributed by atoms with van der Waals surface area (Å²) in [5, 5.41) is 2.92. The number of amides is 1. The number of hydrogen-bond donors (Lipinski definition) is 2. The molecule has 1 rings (SSSR count). The zero-order chi connectivity index (χ0) is 13.6. The summed E-state index contributed by atoms with van der Waals surface area (Å²) in [6.45, 7) is 10.3. The smallest absolute Gasteiger partial charge is 0.220 e. The minimum atomic E-state index is -0.280. The fourth-order valence-electron chi connectivity index (χ4n) is 1.94. The fraction of sp³-hybridized carbons (Fsp3) is 0.923. The maximum atomic E-state index is 11.6. The Hall–Kier alpha value is -0.650. The molecule has 5 heteroatoms. The summed E-state index contributed by atoms with van der Waals surface area (Å²) >= 11 is 0. The molecule has 0 saturated carbocycles. The zero-order valence-corrected chi connectivity index (χ0v) is 11.9. The molecule has 18 heavy (non-hydrogen) atoms. The second kappa shape index (κ2) is 7.07. The molecule has 0 aromatic carbocycles. The lowest BCUT2D eigenvalue weighted by atomic mass is 10.00. The highest BCUT2D eigenvalue weighted by Gasteiger charge is 2.20. The standard InChI is InChI=1S/C13H27N3O2/c1-4-16-7-8-18-11(10-16)9-15-12(17)5-6-13(2,3)14/h11H,4-10,14H2,1-3H3,(H,15,17). The third-order valence-corrected chi connectivity index (χ3v) is 3.19. The summed E-state index contributed by atoms with van der Waals surface area (Å²) < 4.78 is 5.62. The Morgan fingerprint density at radius 3 is 2.89 bits per heavy atom. The quantitative estimate of drug-likeness (QED) is 0.720. The van der Waals surface area contributed by atoms with E-state index in [9.17, 15) is 4.79 Å². The molecule has 5 nitrogen and oxygen atoms in total. The molecule has 1 aliphatic rings. The maximum absolute atomic E-state index is 11.6. The van der Waals surface area contributed by atoms with Crippen LogP contribution in [0.1, 0.15) is 33.6 Å². The number of ether oxygens (including phenoxy) is 1. The summed E-state index contributed by atoms with van der Waals surface area (Å²) in [6, 6.07) is 0. The lowest BCUT2D eigenvalue weighted by Gasteiger charge is -2.32. The van der Waals surface area contributed by atoms with Crippen LogP contribution in [0.4, 0.5) is 0 Å². The fourth-order valence-corrected chi connectivity index (χ4v) is 1.94. The van der Waals surface area contributed by atoms with Gasteiger partial charge in [-0.25, -0.2) is 0 Å². The molecule has 1 fully saturated rings. The number of nitrogens with two attached hydrogens (primary N) is 1. The van der Waals surface area contributed by atoms with Gasteiger partial charge in [0, 0.05) is 31.6 Å². The van der Waals surface area contributed by atoms with Crippen LogP contribution in [0.2, 0.25) is 0 Å². The molecule has 0 bridgehead atoms. The van der Waals surface area contributed by atoms with E-state index >= 15 is 0 Å². The van der Waals surface area contributed by atoms with E-state index in [-0.39, 0.29) is 17.6 Å². The summed E-state index contributed by atoms with van der Waals surface area (Å²) in [6.07, 6.45) is 1.30. The van der Waals surface area contributed by atoms with Crippen molar-refractivity contribution in [1.29, 1.82) is 0 Å². The highest BCUT2D eigenvalue weighted by atomic mass is 16.5. The summed E-state index contributed by atoms with van der Waals surface area (Å²) in [5.74, 6) is 0.0609. The number of morpholine rings is 1. The van der Waals surface area contributed by atoms with Gasteiger partial charge in [-0.2, -0.15) is 0 Å². The molecule has 1 saturated heterocycles. The summed E-state index contributed by atoms with van der Waals surface area (Å²) in [4.78, 5) is 14.0. The van der Waals surface area contributed by atoms with Crippen LogP contribution in [0.5, 0.6) is 0 Å². The first-order chi connectivity index (χ1) is 8.40. The molecular formula is C13H27N3O2. The van der Waals surface area contributed by atoms with E-state index < -0.39 is 0 Å². The van der Waals surface area contributed by atoms with E-state index in [1.54, 1.807) is 0 Å². The van der Waals surface area contributed by atoms with Crippen LogP contribution in [-0.2, 0) is 9.53 Å². The number of nitrogens with one attached hydrogen (secondary N) is 1. The monoisotopic (exact) mass is 257 g/mol. The van der Waals surface area contributed by atoms with Crippen LogP contribution in [0.25, 0.3) is 0 Å². The van der Waals surface area contributed by atoms with E-state index in [1.165, 1.54) is 0 Å². The van der Waals surface area contributed by atoms with Crippen molar-refractivity contribution in [2.75, 3.05) is 32.8 Å². The average Bonchev–Trinajstić information content (AvgIpc) is 2.33. The molecule has 1 atom stereocenters. The lowest BCUT2D eigenvalue weighted by molar-refractivity contribution is -0.122. The van der Waals surface area contributed by atoms with Crippen LogP contribution in [-0.4, -0.2) is 55.2 Å². The third-order valence-electron chi connectivity index (χ3n) is 3.19. The van der Waals surface area contributed by atoms with Crippen molar-refractivity contribution in [2.45, 2.75) is 45.3 Å². The Balaban J connectivity index is 2.18. The van der Waals surface area contributed by atoms with Gasteiger partial charge in [0.1, 0.15) is 0 Å². The van der Waals surface area contributed by atoms with Gasteiger partial charge in [0.15, 0.2) is 0 Å². The minimum absolute atomic E-state index is 0.0609. The number of carbonyl (C=O) groups excluding carboxylic acids is 1. The lowest BCUT2D eigenvalue weighted by Crippen LogP contribution is -2.47. The van der Waals surface area contributed by atoms with Crippen molar-refractivity contribution in [3.05, 3.63) is 0 Å². The third kappa shape index (κ3) is 6.33. The molecule has 1 amide bonds. The van der Waals surface area contributed by atoms with Gasteiger partial charge in [0.25, 0.3) is 0 Å². The Bertz CT molecular complexity index is 263. The predicted octanol–water partition coefficient (Wildman–Crippen LogP) is 0.341. The molecule has 3 N–H and O–H groups in total. The molecule has 0 radical (unpaired) electrons. The molecular weight excluding hydrogens is 230 g/mol. The second-order valence-electron chi connectivity index (χ2n) is 5.68. The van der Waals surface area contributed by atoms with Crippen molar-refractivity contribution in [1.82, 2.24) is 10.2 Å². The molecule has 0 aromatic heterocycles. The van der Waals surface area contributed by atoms with E-state index in [0.717, 1.165) is 26.2 Å². The first-order valence-electron chi connectivity index (χ1n) is 6.80. The van der Waals surface area contributed by atoms with Crippen molar-refractivity contribution >= 4 is 5.91 Å². The normalized spacial score (nSPS) is 21.9. The number of likely N-dealkylation sites (N-methyl/N-ethyl adjacent to an activating group) is 1. The van der Waals surface area contributed by atoms with Crippen LogP contribution in [0, 0.1) is 0 Å². The largest absolute Gasteiger partial charge is 0.374 e. The molecule has 1 heterocycles. The van der Waals surface area contributed by atoms with Crippen LogP contribution >= 0.6 is 0 Å². The van der Waals surface area contributed by atoms with Gasteiger partial charge < -0.3 is 15.8 Å². The number of hydrogen-bond acceptors (Lipinski definition) is 4. The number of nitrogens with zero attached hydrogens (tertiary/aromatic N) is 1. The van der Waals surface area contributed by atoms with Gasteiger partial charge in [0.2, 0.25) is 5.91 Å². The maximum Gasteiger partial charge on any atom is 0.220 e. The van der Waals surface area contributed by atoms with Gasteiger partial charge in [-0.1, -0.05) is 6.92 Å². The first-order valence-corrected chi connectivity index (χ1v) is 6.80. The minimum Gasteiger partial charge on any atom is -0.374 e. The average molecular weight is 257 g/mol. The van der Waals surface area contributed by atoms with Crippen LogP contribution < -0.4 is 11.1 Å². The molecule has 106 valence electrons. The van der Waals surface area contributed by atoms with Crippen molar-refractivity contribution in [2.24, 2.45) is 5.73 Å². The van der Waals surface area contributed by atoms with Gasteiger partial charge >= 0.3 is 0 Å². The highest BCUT2D eigenvalue weighted by Crippen LogP contribution is 2.07. The van der Waals surface area contributed by atoms with Crippen molar-refractivity contribution in [3.8, 4) is 0 Å². The van der Waals surface area contributed by atoms with E-state index in [2.05, 4.69) is 17.1 Å². The number of carbonyl (C=O) groups is 1. The van der Waals surface area contributed by atoms with E-state index in [0.29, 0.717) is 19.4 Å². The molecule has 1 unspecified atom stereocenters. The summed E-state index contributed by atoms with van der Waals surface area (Å²) in [7, 11) is 0. The van der Waals surface area contributed by atoms with Gasteiger partial charge in [-0.3, -0.25) is 9.69 Å². The Kier molecular flexibility index (Phi) is 6.05. The van der Waals surface area contributed by atoms with Crippen LogP contribution in [0.15, 0.2) is 0 Å². The van der Waals surface area contributed by atoms with Gasteiger partial charge in [-0.15, -0.1) is 0 Å². The topological polar surface area (TPSA) is 67.6 Å². The zero-order valence-electron chi connectivity index (χ0n) is 11.9. The Labute approximate surface area is 110 Å². The SMILES string of the molecule is CCN1CCOC(CNC(=O)CCC(C)(C)N)C1. The summed E-state index contributed by atoms with van der Waals surface area (Å²) in [5.41, 5.74) is 5.57. The Morgan fingerprint density at radius 2 is 2.28 bits per heavy atom. The second-order valence-corrected chi connectivity index (χ2v) is 5.68.